The molecule has 0 fully saturated rings. The Morgan fingerprint density at radius 2 is 0.875 bits per heavy atom. The van der Waals surface area contributed by atoms with Crippen LogP contribution in [0.25, 0.3) is 54.6 Å². The first-order valence-electron chi connectivity index (χ1n) is 16.2. The molecule has 0 aliphatic rings. The first-order chi connectivity index (χ1) is 23.7. The van der Waals surface area contributed by atoms with Gasteiger partial charge in [-0.15, -0.1) is 0 Å². The largest absolute Gasteiger partial charge is 0.383 e. The van der Waals surface area contributed by atoms with Crippen LogP contribution in [0.4, 0.5) is 0 Å². The molecule has 0 saturated carbocycles. The maximum absolute atomic E-state index is 6.51. The predicted octanol–water partition coefficient (Wildman–Crippen LogP) is 10.8. The summed E-state index contributed by atoms with van der Waals surface area (Å²) in [7, 11) is 0. The van der Waals surface area contributed by atoms with Crippen molar-refractivity contribution in [1.82, 2.24) is 0 Å². The minimum Gasteiger partial charge on any atom is -0.383 e. The van der Waals surface area contributed by atoms with Crippen LogP contribution in [0.15, 0.2) is 186 Å². The van der Waals surface area contributed by atoms with Gasteiger partial charge < -0.3 is 5.73 Å². The molecule has 0 bridgehead atoms. The fraction of sp³-hybridized carbons (Fsp3) is 0.0222. The zero-order valence-corrected chi connectivity index (χ0v) is 26.4. The lowest BCUT2D eigenvalue weighted by Gasteiger charge is -2.13. The lowest BCUT2D eigenvalue weighted by Crippen LogP contribution is -2.16. The van der Waals surface area contributed by atoms with E-state index in [1.807, 2.05) is 48.5 Å². The maximum atomic E-state index is 6.51. The van der Waals surface area contributed by atoms with Crippen LogP contribution in [0.2, 0.25) is 0 Å². The number of nitrogens with two attached hydrogens (primary N) is 1. The minimum absolute atomic E-state index is 0.436. The summed E-state index contributed by atoms with van der Waals surface area (Å²) in [5.41, 5.74) is 14.0. The Bertz CT molecular complexity index is 2440. The van der Waals surface area contributed by atoms with E-state index in [4.69, 9.17) is 15.7 Å². The van der Waals surface area contributed by atoms with Gasteiger partial charge in [0.05, 0.1) is 6.54 Å². The Kier molecular flexibility index (Phi) is 7.77. The molecule has 0 aliphatic heterocycles. The first kappa shape index (κ1) is 29.1. The topological polar surface area (TPSA) is 50.7 Å². The quantitative estimate of drug-likeness (QED) is 0.113. The Morgan fingerprint density at radius 3 is 1.52 bits per heavy atom. The first-order valence-corrected chi connectivity index (χ1v) is 16.2. The smallest absolute Gasteiger partial charge is 0.157 e. The summed E-state index contributed by atoms with van der Waals surface area (Å²) in [6.07, 6.45) is 0. The fourth-order valence-corrected chi connectivity index (χ4v) is 6.53. The Balaban J connectivity index is 1.19. The Labute approximate surface area is 280 Å². The van der Waals surface area contributed by atoms with Crippen LogP contribution in [0, 0.1) is 0 Å². The highest BCUT2D eigenvalue weighted by Gasteiger charge is 2.12. The predicted molar refractivity (Wildman–Crippen MR) is 204 cm³/mol. The average Bonchev–Trinajstić information content (AvgIpc) is 3.17. The van der Waals surface area contributed by atoms with E-state index < -0.39 is 0 Å². The van der Waals surface area contributed by atoms with Gasteiger partial charge in [-0.3, -0.25) is 4.99 Å². The molecule has 8 aromatic carbocycles. The zero-order valence-electron chi connectivity index (χ0n) is 26.4. The van der Waals surface area contributed by atoms with Crippen molar-refractivity contribution in [2.75, 3.05) is 0 Å². The Morgan fingerprint density at radius 1 is 0.396 bits per heavy atom. The van der Waals surface area contributed by atoms with Gasteiger partial charge in [-0.05, 0) is 78.3 Å². The molecule has 0 aliphatic carbocycles. The molecule has 3 nitrogen and oxygen atoms in total. The van der Waals surface area contributed by atoms with Crippen molar-refractivity contribution in [3.63, 3.8) is 0 Å². The third-order valence-electron chi connectivity index (χ3n) is 8.94. The summed E-state index contributed by atoms with van der Waals surface area (Å²) < 4.78 is 0. The van der Waals surface area contributed by atoms with E-state index in [9.17, 15) is 0 Å². The van der Waals surface area contributed by atoms with Crippen molar-refractivity contribution in [3.05, 3.63) is 193 Å². The van der Waals surface area contributed by atoms with Crippen LogP contribution in [-0.4, -0.2) is 11.7 Å². The molecule has 0 heterocycles. The summed E-state index contributed by atoms with van der Waals surface area (Å²) in [5, 5.41) is 7.66. The van der Waals surface area contributed by atoms with Crippen LogP contribution >= 0.6 is 0 Å². The average molecular weight is 616 g/mol. The molecule has 3 heteroatoms. The van der Waals surface area contributed by atoms with Crippen molar-refractivity contribution in [3.8, 4) is 22.3 Å². The van der Waals surface area contributed by atoms with Crippen LogP contribution in [0.1, 0.15) is 16.7 Å². The van der Waals surface area contributed by atoms with E-state index >= 15 is 0 Å². The highest BCUT2D eigenvalue weighted by Crippen LogP contribution is 2.37. The van der Waals surface area contributed by atoms with Crippen molar-refractivity contribution < 1.29 is 0 Å². The number of fused-ring (bicyclic) bond motifs is 6. The van der Waals surface area contributed by atoms with E-state index in [1.165, 1.54) is 43.4 Å². The van der Waals surface area contributed by atoms with Gasteiger partial charge in [0, 0.05) is 11.1 Å². The summed E-state index contributed by atoms with van der Waals surface area (Å²) in [6.45, 7) is 0.507. The number of nitrogens with zero attached hydrogens (tertiary/aromatic N) is 2. The van der Waals surface area contributed by atoms with Crippen LogP contribution in [0.3, 0.4) is 0 Å². The zero-order chi connectivity index (χ0) is 32.3. The second kappa shape index (κ2) is 12.8. The van der Waals surface area contributed by atoms with Crippen LogP contribution < -0.4 is 5.73 Å². The molecule has 228 valence electrons. The summed E-state index contributed by atoms with van der Waals surface area (Å²) in [4.78, 5) is 9.81. The normalized spacial score (nSPS) is 12.2. The number of hydrogen-bond acceptors (Lipinski definition) is 1. The van der Waals surface area contributed by atoms with Crippen LogP contribution in [0.5, 0.6) is 0 Å². The molecule has 8 aromatic rings. The molecule has 0 saturated heterocycles. The van der Waals surface area contributed by atoms with Gasteiger partial charge >= 0.3 is 0 Å². The van der Waals surface area contributed by atoms with Gasteiger partial charge in [0.15, 0.2) is 5.84 Å². The Hall–Kier alpha value is -6.32. The van der Waals surface area contributed by atoms with Gasteiger partial charge in [-0.25, -0.2) is 4.99 Å². The minimum atomic E-state index is 0.436. The monoisotopic (exact) mass is 615 g/mol. The lowest BCUT2D eigenvalue weighted by atomic mass is 9.91. The van der Waals surface area contributed by atoms with E-state index in [2.05, 4.69) is 127 Å². The van der Waals surface area contributed by atoms with Crippen LogP contribution in [-0.2, 0) is 6.54 Å². The highest BCUT2D eigenvalue weighted by atomic mass is 15.0. The molecule has 0 atom stereocenters. The molecule has 0 amide bonds. The summed E-state index contributed by atoms with van der Waals surface area (Å²) in [5.74, 6) is 1.04. The van der Waals surface area contributed by atoms with E-state index in [0.717, 1.165) is 27.8 Å². The SMILES string of the molecule is NC(=NC(=NCc1ccccc1)c1cccc(-c2cccc(-c3ccc4c5ccccc5c5ccccc5c4c3)c2)c1)c1ccccc1. The number of aliphatic imine (C=N–C) groups is 2. The third kappa shape index (κ3) is 5.74. The molecular formula is C45H33N3. The number of benzene rings is 8. The van der Waals surface area contributed by atoms with E-state index in [0.29, 0.717) is 18.2 Å². The number of amidine groups is 2. The fourth-order valence-electron chi connectivity index (χ4n) is 6.53. The molecule has 0 aromatic heterocycles. The lowest BCUT2D eigenvalue weighted by molar-refractivity contribution is 1.06. The van der Waals surface area contributed by atoms with Gasteiger partial charge in [0.25, 0.3) is 0 Å². The standard InChI is InChI=1S/C45H33N3/c46-44(32-15-5-2-6-16-32)48-45(47-30-31-13-3-1-4-14-31)37-20-12-19-35(28-37)33-17-11-18-34(27-33)36-25-26-42-40-23-8-7-21-38(40)39-22-9-10-24-41(39)43(42)29-36/h1-29H,30H2,(H2,46,47,48). The third-order valence-corrected chi connectivity index (χ3v) is 8.94. The molecule has 48 heavy (non-hydrogen) atoms. The van der Waals surface area contributed by atoms with Crippen molar-refractivity contribution in [2.24, 2.45) is 15.7 Å². The number of hydrogen-bond donors (Lipinski definition) is 1. The molecule has 0 spiro atoms. The van der Waals surface area contributed by atoms with Gasteiger partial charge in [0.1, 0.15) is 5.84 Å². The van der Waals surface area contributed by atoms with Crippen molar-refractivity contribution >= 4 is 44.0 Å². The van der Waals surface area contributed by atoms with Crippen molar-refractivity contribution in [2.45, 2.75) is 6.54 Å². The van der Waals surface area contributed by atoms with Gasteiger partial charge in [-0.2, -0.15) is 0 Å². The van der Waals surface area contributed by atoms with E-state index in [1.54, 1.807) is 0 Å². The van der Waals surface area contributed by atoms with Gasteiger partial charge in [0.2, 0.25) is 0 Å². The molecule has 0 unspecified atom stereocenters. The molecular weight excluding hydrogens is 583 g/mol. The maximum Gasteiger partial charge on any atom is 0.157 e. The number of rotatable bonds is 6. The van der Waals surface area contributed by atoms with Crippen molar-refractivity contribution in [1.29, 1.82) is 0 Å². The summed E-state index contributed by atoms with van der Waals surface area (Å²) in [6, 6.07) is 61.5. The second-order valence-electron chi connectivity index (χ2n) is 12.0. The molecule has 2 N–H and O–H groups in total. The van der Waals surface area contributed by atoms with Gasteiger partial charge in [-0.1, -0.05) is 158 Å². The highest BCUT2D eigenvalue weighted by molar-refractivity contribution is 6.25. The molecule has 0 radical (unpaired) electrons. The summed E-state index contributed by atoms with van der Waals surface area (Å²) >= 11 is 0. The molecule has 8 rings (SSSR count). The van der Waals surface area contributed by atoms with E-state index in [-0.39, 0.29) is 0 Å². The second-order valence-corrected chi connectivity index (χ2v) is 12.0.